The van der Waals surface area contributed by atoms with Gasteiger partial charge in [0, 0.05) is 62.0 Å². The third-order valence-corrected chi connectivity index (χ3v) is 7.09. The molecular weight excluding hydrogens is 417 g/mol. The molecule has 3 heterocycles. The van der Waals surface area contributed by atoms with Gasteiger partial charge in [-0.3, -0.25) is 9.78 Å². The second kappa shape index (κ2) is 8.54. The molecule has 1 atom stereocenters. The molecule has 0 spiro atoms. The van der Waals surface area contributed by atoms with Crippen molar-refractivity contribution >= 4 is 22.5 Å². The number of carbonyl (C=O) groups excluding carboxylic acids is 1. The van der Waals surface area contributed by atoms with Crippen LogP contribution in [-0.4, -0.2) is 54.6 Å². The Bertz CT molecular complexity index is 983. The summed E-state index contributed by atoms with van der Waals surface area (Å²) < 4.78 is 40.2. The average molecular weight is 447 g/mol. The molecule has 3 aliphatic rings. The van der Waals surface area contributed by atoms with Crippen molar-refractivity contribution in [3.63, 3.8) is 0 Å². The van der Waals surface area contributed by atoms with E-state index in [1.807, 2.05) is 0 Å². The number of fused-ring (bicyclic) bond motifs is 1. The van der Waals surface area contributed by atoms with Gasteiger partial charge in [-0.1, -0.05) is 0 Å². The third kappa shape index (κ3) is 4.56. The maximum atomic E-state index is 13.4. The fraction of sp³-hybridized carbons (Fsp3) is 0.583. The molecule has 172 valence electrons. The van der Waals surface area contributed by atoms with E-state index in [2.05, 4.69) is 20.1 Å². The van der Waals surface area contributed by atoms with Crippen molar-refractivity contribution < 1.29 is 18.0 Å². The molecule has 2 aliphatic heterocycles. The number of carbonyl (C=O) groups is 1. The molecular formula is C24H29F3N4O. The van der Waals surface area contributed by atoms with Crippen LogP contribution in [0.1, 0.15) is 37.7 Å². The number of pyridine rings is 1. The van der Waals surface area contributed by atoms with Crippen LogP contribution in [0.4, 0.5) is 18.9 Å². The van der Waals surface area contributed by atoms with E-state index < -0.39 is 11.7 Å². The number of nitrogens with one attached hydrogen (secondary N) is 1. The molecule has 5 nitrogen and oxygen atoms in total. The summed E-state index contributed by atoms with van der Waals surface area (Å²) in [6.45, 7) is 4.47. The smallest absolute Gasteiger partial charge is 0.371 e. The van der Waals surface area contributed by atoms with Gasteiger partial charge in [-0.05, 0) is 62.3 Å². The topological polar surface area (TPSA) is 48.5 Å². The molecule has 1 aliphatic carbocycles. The highest BCUT2D eigenvalue weighted by atomic mass is 19.4. The number of anilines is 1. The number of hydrogen-bond acceptors (Lipinski definition) is 4. The van der Waals surface area contributed by atoms with Gasteiger partial charge in [0.05, 0.1) is 11.1 Å². The number of piperidine rings is 1. The van der Waals surface area contributed by atoms with Crippen LogP contribution >= 0.6 is 0 Å². The minimum atomic E-state index is -4.44. The minimum Gasteiger partial charge on any atom is -0.371 e. The molecule has 1 saturated carbocycles. The Morgan fingerprint density at radius 2 is 1.84 bits per heavy atom. The number of aromatic nitrogens is 1. The summed E-state index contributed by atoms with van der Waals surface area (Å²) in [5.41, 5.74) is 0.0271. The molecule has 5 rings (SSSR count). The van der Waals surface area contributed by atoms with E-state index in [1.165, 1.54) is 25.6 Å². The number of nitrogens with zero attached hydrogens (tertiary/aromatic N) is 3. The van der Waals surface area contributed by atoms with Gasteiger partial charge in [0.25, 0.3) is 0 Å². The lowest BCUT2D eigenvalue weighted by atomic mass is 9.94. The summed E-state index contributed by atoms with van der Waals surface area (Å²) in [6, 6.07) is 6.26. The highest BCUT2D eigenvalue weighted by Gasteiger charge is 2.35. The summed E-state index contributed by atoms with van der Waals surface area (Å²) in [7, 11) is 0. The van der Waals surface area contributed by atoms with Crippen LogP contribution in [0.3, 0.4) is 0 Å². The van der Waals surface area contributed by atoms with Crippen molar-refractivity contribution in [1.82, 2.24) is 15.2 Å². The molecule has 2 saturated heterocycles. The van der Waals surface area contributed by atoms with Gasteiger partial charge < -0.3 is 15.1 Å². The molecule has 1 aromatic heterocycles. The molecule has 3 fully saturated rings. The molecule has 0 unspecified atom stereocenters. The Morgan fingerprint density at radius 1 is 1.06 bits per heavy atom. The van der Waals surface area contributed by atoms with Crippen LogP contribution in [0, 0.1) is 11.8 Å². The molecule has 8 heteroatoms. The molecule has 32 heavy (non-hydrogen) atoms. The van der Waals surface area contributed by atoms with Crippen LogP contribution in [-0.2, 0) is 11.0 Å². The number of alkyl halides is 3. The Morgan fingerprint density at radius 3 is 2.56 bits per heavy atom. The Kier molecular flexibility index (Phi) is 5.73. The molecule has 0 radical (unpaired) electrons. The number of rotatable bonds is 5. The van der Waals surface area contributed by atoms with E-state index in [4.69, 9.17) is 0 Å². The Balaban J connectivity index is 1.20. The number of likely N-dealkylation sites (tertiary alicyclic amines) is 1. The van der Waals surface area contributed by atoms with Crippen LogP contribution in [0.25, 0.3) is 10.9 Å². The van der Waals surface area contributed by atoms with Crippen LogP contribution in [0.15, 0.2) is 30.5 Å². The van der Waals surface area contributed by atoms with Gasteiger partial charge in [-0.2, -0.15) is 13.2 Å². The first-order chi connectivity index (χ1) is 15.4. The standard InChI is InChI=1S/C24H29F3N4O/c25-24(26,27)20-5-6-21(19-2-1-10-28-22(19)20)31-12-7-17(8-13-31)23(32)29-18-9-11-30(15-18)14-16-3-4-16/h1-2,5-6,10,16-18H,3-4,7-9,11-15H2,(H,29,32)/t18-/m0/s1. The van der Waals surface area contributed by atoms with E-state index in [0.717, 1.165) is 37.2 Å². The summed E-state index contributed by atoms with van der Waals surface area (Å²) >= 11 is 0. The lowest BCUT2D eigenvalue weighted by Gasteiger charge is -2.34. The van der Waals surface area contributed by atoms with Gasteiger partial charge in [-0.15, -0.1) is 0 Å². The van der Waals surface area contributed by atoms with E-state index in [9.17, 15) is 18.0 Å². The summed E-state index contributed by atoms with van der Waals surface area (Å²) in [5.74, 6) is 0.953. The van der Waals surface area contributed by atoms with Gasteiger partial charge in [0.2, 0.25) is 5.91 Å². The van der Waals surface area contributed by atoms with Crippen molar-refractivity contribution in [3.8, 4) is 0 Å². The zero-order chi connectivity index (χ0) is 22.3. The fourth-order valence-corrected chi connectivity index (χ4v) is 5.15. The van der Waals surface area contributed by atoms with Crippen molar-refractivity contribution in [2.24, 2.45) is 11.8 Å². The number of halogens is 3. The normalized spacial score (nSPS) is 23.1. The van der Waals surface area contributed by atoms with Crippen LogP contribution in [0.2, 0.25) is 0 Å². The highest BCUT2D eigenvalue weighted by molar-refractivity contribution is 5.94. The minimum absolute atomic E-state index is 0.0191. The van der Waals surface area contributed by atoms with Gasteiger partial charge in [0.1, 0.15) is 0 Å². The molecule has 0 bridgehead atoms. The third-order valence-electron chi connectivity index (χ3n) is 7.09. The zero-order valence-corrected chi connectivity index (χ0v) is 18.1. The molecule has 1 amide bonds. The number of benzene rings is 1. The van der Waals surface area contributed by atoms with Crippen molar-refractivity contribution in [2.45, 2.75) is 44.3 Å². The van der Waals surface area contributed by atoms with Crippen LogP contribution < -0.4 is 10.2 Å². The zero-order valence-electron chi connectivity index (χ0n) is 18.1. The first kappa shape index (κ1) is 21.5. The quantitative estimate of drug-likeness (QED) is 0.752. The first-order valence-electron chi connectivity index (χ1n) is 11.6. The molecule has 1 N–H and O–H groups in total. The van der Waals surface area contributed by atoms with Crippen molar-refractivity contribution in [1.29, 1.82) is 0 Å². The lowest BCUT2D eigenvalue weighted by Crippen LogP contribution is -2.44. The van der Waals surface area contributed by atoms with Crippen LogP contribution in [0.5, 0.6) is 0 Å². The predicted octanol–water partition coefficient (Wildman–Crippen LogP) is 4.07. The maximum absolute atomic E-state index is 13.4. The SMILES string of the molecule is O=C(N[C@H]1CCN(CC2CC2)C1)C1CCN(c2ccc(C(F)(F)F)c3ncccc23)CC1. The second-order valence-electron chi connectivity index (χ2n) is 9.49. The lowest BCUT2D eigenvalue weighted by molar-refractivity contribution is -0.136. The Labute approximate surface area is 186 Å². The second-order valence-corrected chi connectivity index (χ2v) is 9.49. The fourth-order valence-electron chi connectivity index (χ4n) is 5.15. The van der Waals surface area contributed by atoms with E-state index in [0.29, 0.717) is 31.3 Å². The van der Waals surface area contributed by atoms with Crippen molar-refractivity contribution in [2.75, 3.05) is 37.6 Å². The van der Waals surface area contributed by atoms with Gasteiger partial charge in [0.15, 0.2) is 0 Å². The van der Waals surface area contributed by atoms with Gasteiger partial charge >= 0.3 is 6.18 Å². The van der Waals surface area contributed by atoms with E-state index in [1.54, 1.807) is 18.2 Å². The first-order valence-corrected chi connectivity index (χ1v) is 11.6. The van der Waals surface area contributed by atoms with Crippen molar-refractivity contribution in [3.05, 3.63) is 36.0 Å². The average Bonchev–Trinajstić information content (AvgIpc) is 3.49. The summed E-state index contributed by atoms with van der Waals surface area (Å²) in [4.78, 5) is 21.4. The number of amides is 1. The summed E-state index contributed by atoms with van der Waals surface area (Å²) in [6.07, 6.45) is 2.06. The Hall–Kier alpha value is -2.35. The number of hydrogen-bond donors (Lipinski definition) is 1. The summed E-state index contributed by atoms with van der Waals surface area (Å²) in [5, 5.41) is 3.75. The highest BCUT2D eigenvalue weighted by Crippen LogP contribution is 2.38. The molecule has 1 aromatic carbocycles. The van der Waals surface area contributed by atoms with E-state index >= 15 is 0 Å². The molecule has 2 aromatic rings. The monoisotopic (exact) mass is 446 g/mol. The van der Waals surface area contributed by atoms with Gasteiger partial charge in [-0.25, -0.2) is 0 Å². The maximum Gasteiger partial charge on any atom is 0.418 e. The van der Waals surface area contributed by atoms with E-state index in [-0.39, 0.29) is 23.4 Å². The predicted molar refractivity (Wildman–Crippen MR) is 117 cm³/mol. The largest absolute Gasteiger partial charge is 0.418 e.